The SMILES string of the molecule is CCNC(=NCC(=O)N(C)C)NC1CCN(CCOC(C)C)CC1. The maximum absolute atomic E-state index is 11.7. The largest absolute Gasteiger partial charge is 0.377 e. The van der Waals surface area contributed by atoms with Crippen LogP contribution in [0.5, 0.6) is 0 Å². The van der Waals surface area contributed by atoms with Gasteiger partial charge < -0.3 is 25.2 Å². The summed E-state index contributed by atoms with van der Waals surface area (Å²) in [5.41, 5.74) is 0. The minimum Gasteiger partial charge on any atom is -0.377 e. The minimum absolute atomic E-state index is 0.00664. The van der Waals surface area contributed by atoms with Gasteiger partial charge in [0, 0.05) is 46.3 Å². The van der Waals surface area contributed by atoms with Crippen LogP contribution < -0.4 is 10.6 Å². The van der Waals surface area contributed by atoms with E-state index in [-0.39, 0.29) is 12.5 Å². The van der Waals surface area contributed by atoms with Crippen molar-refractivity contribution < 1.29 is 9.53 Å². The number of rotatable bonds is 8. The monoisotopic (exact) mass is 341 g/mol. The van der Waals surface area contributed by atoms with Crippen LogP contribution in [0.3, 0.4) is 0 Å². The molecule has 1 amide bonds. The van der Waals surface area contributed by atoms with Gasteiger partial charge in [-0.15, -0.1) is 0 Å². The highest BCUT2D eigenvalue weighted by molar-refractivity contribution is 5.84. The number of aliphatic imine (C=N–C) groups is 1. The number of carbonyl (C=O) groups excluding carboxylic acids is 1. The molecule has 1 rings (SSSR count). The third-order valence-corrected chi connectivity index (χ3v) is 4.00. The Bertz CT molecular complexity index is 390. The lowest BCUT2D eigenvalue weighted by atomic mass is 10.1. The number of likely N-dealkylation sites (tertiary alicyclic amines) is 1. The highest BCUT2D eigenvalue weighted by atomic mass is 16.5. The topological polar surface area (TPSA) is 69.2 Å². The molecule has 0 bridgehead atoms. The Balaban J connectivity index is 2.36. The molecule has 7 nitrogen and oxygen atoms in total. The van der Waals surface area contributed by atoms with E-state index in [2.05, 4.69) is 34.4 Å². The van der Waals surface area contributed by atoms with E-state index in [9.17, 15) is 4.79 Å². The zero-order valence-electron chi connectivity index (χ0n) is 16.0. The van der Waals surface area contributed by atoms with Crippen molar-refractivity contribution in [2.45, 2.75) is 45.8 Å². The fraction of sp³-hybridized carbons (Fsp3) is 0.882. The third kappa shape index (κ3) is 8.49. The highest BCUT2D eigenvalue weighted by Gasteiger charge is 2.20. The number of nitrogens with zero attached hydrogens (tertiary/aromatic N) is 3. The molecule has 140 valence electrons. The van der Waals surface area contributed by atoms with Crippen LogP contribution >= 0.6 is 0 Å². The van der Waals surface area contributed by atoms with E-state index in [1.54, 1.807) is 19.0 Å². The number of likely N-dealkylation sites (N-methyl/N-ethyl adjacent to an activating group) is 1. The summed E-state index contributed by atoms with van der Waals surface area (Å²) in [6.07, 6.45) is 2.45. The Morgan fingerprint density at radius 2 is 2.00 bits per heavy atom. The van der Waals surface area contributed by atoms with Gasteiger partial charge in [-0.3, -0.25) is 4.79 Å². The van der Waals surface area contributed by atoms with Crippen LogP contribution in [0.2, 0.25) is 0 Å². The van der Waals surface area contributed by atoms with E-state index in [4.69, 9.17) is 4.74 Å². The van der Waals surface area contributed by atoms with Gasteiger partial charge in [0.15, 0.2) is 5.96 Å². The molecule has 1 heterocycles. The van der Waals surface area contributed by atoms with Crippen molar-refractivity contribution >= 4 is 11.9 Å². The van der Waals surface area contributed by atoms with Crippen LogP contribution in [0.25, 0.3) is 0 Å². The molecule has 1 aliphatic rings. The van der Waals surface area contributed by atoms with Crippen molar-refractivity contribution in [3.63, 3.8) is 0 Å². The van der Waals surface area contributed by atoms with Crippen LogP contribution in [-0.2, 0) is 9.53 Å². The maximum Gasteiger partial charge on any atom is 0.243 e. The van der Waals surface area contributed by atoms with Crippen LogP contribution in [0.1, 0.15) is 33.6 Å². The van der Waals surface area contributed by atoms with E-state index < -0.39 is 0 Å². The van der Waals surface area contributed by atoms with Crippen molar-refractivity contribution in [3.8, 4) is 0 Å². The second-order valence-electron chi connectivity index (χ2n) is 6.66. The molecule has 0 aromatic carbocycles. The van der Waals surface area contributed by atoms with Gasteiger partial charge in [0.2, 0.25) is 5.91 Å². The average molecular weight is 342 g/mol. The molecule has 1 fully saturated rings. The molecular weight excluding hydrogens is 306 g/mol. The van der Waals surface area contributed by atoms with Crippen LogP contribution in [-0.4, -0.2) is 87.2 Å². The zero-order valence-corrected chi connectivity index (χ0v) is 16.0. The molecule has 0 aromatic rings. The lowest BCUT2D eigenvalue weighted by Gasteiger charge is -2.33. The first-order chi connectivity index (χ1) is 11.4. The van der Waals surface area contributed by atoms with Crippen molar-refractivity contribution in [2.75, 3.05) is 53.4 Å². The van der Waals surface area contributed by atoms with E-state index in [0.29, 0.717) is 12.1 Å². The van der Waals surface area contributed by atoms with Crippen molar-refractivity contribution in [1.29, 1.82) is 0 Å². The Hall–Kier alpha value is -1.34. The molecule has 1 aliphatic heterocycles. The highest BCUT2D eigenvalue weighted by Crippen LogP contribution is 2.10. The normalized spacial score (nSPS) is 17.2. The fourth-order valence-corrected chi connectivity index (χ4v) is 2.52. The fourth-order valence-electron chi connectivity index (χ4n) is 2.52. The number of hydrogen-bond acceptors (Lipinski definition) is 4. The first-order valence-electron chi connectivity index (χ1n) is 9.01. The molecule has 7 heteroatoms. The number of piperidine rings is 1. The molecule has 0 aromatic heterocycles. The van der Waals surface area contributed by atoms with Gasteiger partial charge in [0.1, 0.15) is 6.54 Å². The number of guanidine groups is 1. The van der Waals surface area contributed by atoms with E-state index in [0.717, 1.165) is 51.6 Å². The number of hydrogen-bond donors (Lipinski definition) is 2. The molecule has 0 aliphatic carbocycles. The predicted octanol–water partition coefficient (Wildman–Crippen LogP) is 0.519. The van der Waals surface area contributed by atoms with Crippen molar-refractivity contribution in [3.05, 3.63) is 0 Å². The second kappa shape index (κ2) is 11.3. The smallest absolute Gasteiger partial charge is 0.243 e. The maximum atomic E-state index is 11.7. The summed E-state index contributed by atoms with van der Waals surface area (Å²) in [5.74, 6) is 0.737. The number of amides is 1. The molecule has 24 heavy (non-hydrogen) atoms. The van der Waals surface area contributed by atoms with Gasteiger partial charge in [-0.25, -0.2) is 4.99 Å². The Morgan fingerprint density at radius 1 is 1.33 bits per heavy atom. The lowest BCUT2D eigenvalue weighted by Crippen LogP contribution is -2.49. The van der Waals surface area contributed by atoms with Gasteiger partial charge in [-0.2, -0.15) is 0 Å². The average Bonchev–Trinajstić information content (AvgIpc) is 2.53. The molecule has 0 unspecified atom stereocenters. The molecule has 1 saturated heterocycles. The predicted molar refractivity (Wildman–Crippen MR) is 98.4 cm³/mol. The van der Waals surface area contributed by atoms with Gasteiger partial charge in [-0.1, -0.05) is 0 Å². The molecule has 0 atom stereocenters. The lowest BCUT2D eigenvalue weighted by molar-refractivity contribution is -0.127. The Kier molecular flexibility index (Phi) is 9.71. The molecular formula is C17H35N5O2. The third-order valence-electron chi connectivity index (χ3n) is 4.00. The quantitative estimate of drug-likeness (QED) is 0.498. The number of ether oxygens (including phenoxy) is 1. The molecule has 2 N–H and O–H groups in total. The van der Waals surface area contributed by atoms with Crippen molar-refractivity contribution in [2.24, 2.45) is 4.99 Å². The van der Waals surface area contributed by atoms with E-state index >= 15 is 0 Å². The van der Waals surface area contributed by atoms with Crippen LogP contribution in [0.4, 0.5) is 0 Å². The van der Waals surface area contributed by atoms with Gasteiger partial charge >= 0.3 is 0 Å². The first-order valence-corrected chi connectivity index (χ1v) is 9.01. The summed E-state index contributed by atoms with van der Waals surface area (Å²) in [7, 11) is 3.49. The number of carbonyl (C=O) groups is 1. The Morgan fingerprint density at radius 3 is 2.54 bits per heavy atom. The van der Waals surface area contributed by atoms with Crippen LogP contribution in [0.15, 0.2) is 4.99 Å². The summed E-state index contributed by atoms with van der Waals surface area (Å²) < 4.78 is 5.62. The summed E-state index contributed by atoms with van der Waals surface area (Å²) in [5, 5.41) is 6.67. The second-order valence-corrected chi connectivity index (χ2v) is 6.66. The summed E-state index contributed by atoms with van der Waals surface area (Å²) in [4.78, 5) is 20.1. The molecule has 0 spiro atoms. The van der Waals surface area contributed by atoms with Crippen molar-refractivity contribution in [1.82, 2.24) is 20.4 Å². The van der Waals surface area contributed by atoms with Crippen LogP contribution in [0, 0.1) is 0 Å². The summed E-state index contributed by atoms with van der Waals surface area (Å²) >= 11 is 0. The van der Waals surface area contributed by atoms with E-state index in [1.165, 1.54) is 0 Å². The zero-order chi connectivity index (χ0) is 17.9. The Labute approximate surface area is 146 Å². The van der Waals surface area contributed by atoms with Gasteiger partial charge in [0.05, 0.1) is 12.7 Å². The van der Waals surface area contributed by atoms with Gasteiger partial charge in [-0.05, 0) is 33.6 Å². The minimum atomic E-state index is 0.00664. The standard InChI is InChI=1S/C17H35N5O2/c1-6-18-17(19-13-16(23)21(4)5)20-15-7-9-22(10-8-15)11-12-24-14(2)3/h14-15H,6-13H2,1-5H3,(H2,18,19,20). The summed E-state index contributed by atoms with van der Waals surface area (Å²) in [6.45, 7) is 11.0. The molecule has 0 saturated carbocycles. The first kappa shape index (κ1) is 20.7. The van der Waals surface area contributed by atoms with E-state index in [1.807, 2.05) is 6.92 Å². The summed E-state index contributed by atoms with van der Waals surface area (Å²) in [6, 6.07) is 0.402. The molecule has 0 radical (unpaired) electrons. The number of nitrogens with one attached hydrogen (secondary N) is 2. The van der Waals surface area contributed by atoms with Gasteiger partial charge in [0.25, 0.3) is 0 Å².